The number of aliphatic carboxylic acids is 2. The molecule has 7 heteroatoms. The van der Waals surface area contributed by atoms with E-state index < -0.39 is 47.5 Å². The summed E-state index contributed by atoms with van der Waals surface area (Å²) in [6.07, 6.45) is 4.38. The van der Waals surface area contributed by atoms with Gasteiger partial charge in [0.25, 0.3) is 0 Å². The van der Waals surface area contributed by atoms with Crippen LogP contribution in [0, 0.1) is 23.7 Å². The second-order valence-electron chi connectivity index (χ2n) is 6.82. The van der Waals surface area contributed by atoms with Crippen molar-refractivity contribution in [2.45, 2.75) is 39.5 Å². The maximum atomic E-state index is 12.3. The number of hydrogen-bond donors (Lipinski definition) is 2. The second-order valence-corrected chi connectivity index (χ2v) is 6.82. The van der Waals surface area contributed by atoms with Crippen molar-refractivity contribution < 1.29 is 34.1 Å². The number of rotatable bonds is 4. The molecular weight excluding hydrogens is 328 g/mol. The lowest BCUT2D eigenvalue weighted by molar-refractivity contribution is -0.172. The fourth-order valence-electron chi connectivity index (χ4n) is 3.42. The minimum absolute atomic E-state index is 0.195. The minimum atomic E-state index is -1.11. The van der Waals surface area contributed by atoms with Gasteiger partial charge in [0.1, 0.15) is 0 Å². The lowest BCUT2D eigenvalue weighted by Gasteiger charge is -2.28. The molecule has 0 spiro atoms. The molecule has 0 radical (unpaired) electrons. The summed E-state index contributed by atoms with van der Waals surface area (Å²) in [4.78, 5) is 47.4. The lowest BCUT2D eigenvalue weighted by Crippen LogP contribution is -2.38. The second kappa shape index (κ2) is 7.63. The molecule has 2 rings (SSSR count). The van der Waals surface area contributed by atoms with E-state index in [1.807, 2.05) is 0 Å². The molecule has 0 fully saturated rings. The molecule has 0 saturated heterocycles. The Morgan fingerprint density at radius 2 is 1.16 bits per heavy atom. The Kier molecular flexibility index (Phi) is 5.77. The van der Waals surface area contributed by atoms with Crippen molar-refractivity contribution in [1.82, 2.24) is 0 Å². The summed E-state index contributed by atoms with van der Waals surface area (Å²) in [6, 6.07) is 0. The van der Waals surface area contributed by atoms with Gasteiger partial charge in [-0.3, -0.25) is 19.2 Å². The number of carboxylic acid groups (broad SMARTS) is 2. The smallest absolute Gasteiger partial charge is 0.317 e. The van der Waals surface area contributed by atoms with Crippen LogP contribution in [0.1, 0.15) is 39.5 Å². The summed E-state index contributed by atoms with van der Waals surface area (Å²) in [7, 11) is 0. The minimum Gasteiger partial charge on any atom is -0.481 e. The zero-order chi connectivity index (χ0) is 18.7. The van der Waals surface area contributed by atoms with Crippen molar-refractivity contribution in [3.8, 4) is 0 Å². The van der Waals surface area contributed by atoms with Gasteiger partial charge in [0, 0.05) is 0 Å². The standard InChI is InChI=1S/C18H22O7/c1-9-3-5-11(13(7-9)15(19)20)17(23)25-18(24)12-6-4-10(2)8-14(12)16(21)22/h3-4,11-14H,5-8H2,1-2H3,(H,19,20)(H,21,22). The van der Waals surface area contributed by atoms with Crippen molar-refractivity contribution in [3.63, 3.8) is 0 Å². The highest BCUT2D eigenvalue weighted by molar-refractivity contribution is 5.92. The summed E-state index contributed by atoms with van der Waals surface area (Å²) in [6.45, 7) is 3.58. The SMILES string of the molecule is CC1=CCC(C(=O)OC(=O)C2CC=C(C)CC2C(=O)O)C(C(=O)O)C1. The van der Waals surface area contributed by atoms with E-state index in [-0.39, 0.29) is 25.7 Å². The highest BCUT2D eigenvalue weighted by Gasteiger charge is 2.41. The van der Waals surface area contributed by atoms with Crippen LogP contribution >= 0.6 is 0 Å². The topological polar surface area (TPSA) is 118 Å². The quantitative estimate of drug-likeness (QED) is 0.453. The van der Waals surface area contributed by atoms with Crippen LogP contribution in [0.2, 0.25) is 0 Å². The molecule has 0 bridgehead atoms. The molecule has 0 aromatic carbocycles. The van der Waals surface area contributed by atoms with E-state index in [1.165, 1.54) is 0 Å². The van der Waals surface area contributed by atoms with E-state index >= 15 is 0 Å². The van der Waals surface area contributed by atoms with Crippen LogP contribution in [0.15, 0.2) is 23.3 Å². The molecule has 25 heavy (non-hydrogen) atoms. The van der Waals surface area contributed by atoms with Crippen LogP contribution in [0.3, 0.4) is 0 Å². The molecule has 4 unspecified atom stereocenters. The molecule has 7 nitrogen and oxygen atoms in total. The molecule has 2 aliphatic carbocycles. The van der Waals surface area contributed by atoms with Gasteiger partial charge in [-0.1, -0.05) is 23.3 Å². The summed E-state index contributed by atoms with van der Waals surface area (Å²) in [5.74, 6) is -7.75. The first-order valence-corrected chi connectivity index (χ1v) is 8.23. The zero-order valence-corrected chi connectivity index (χ0v) is 14.2. The highest BCUT2D eigenvalue weighted by atomic mass is 16.6. The first kappa shape index (κ1) is 18.9. The van der Waals surface area contributed by atoms with Gasteiger partial charge in [-0.2, -0.15) is 0 Å². The van der Waals surface area contributed by atoms with Crippen LogP contribution in [-0.2, 0) is 23.9 Å². The first-order valence-electron chi connectivity index (χ1n) is 8.23. The Labute approximate surface area is 145 Å². The predicted molar refractivity (Wildman–Crippen MR) is 86.3 cm³/mol. The summed E-state index contributed by atoms with van der Waals surface area (Å²) in [5.41, 5.74) is 1.75. The van der Waals surface area contributed by atoms with Crippen molar-refractivity contribution >= 4 is 23.9 Å². The van der Waals surface area contributed by atoms with Gasteiger partial charge in [0.15, 0.2) is 0 Å². The van der Waals surface area contributed by atoms with Crippen LogP contribution in [0.25, 0.3) is 0 Å². The largest absolute Gasteiger partial charge is 0.481 e. The number of carbonyl (C=O) groups excluding carboxylic acids is 2. The molecule has 2 aliphatic rings. The molecule has 0 amide bonds. The first-order chi connectivity index (χ1) is 11.7. The number of allylic oxidation sites excluding steroid dienone is 4. The van der Waals surface area contributed by atoms with Crippen molar-refractivity contribution in [2.24, 2.45) is 23.7 Å². The van der Waals surface area contributed by atoms with E-state index in [0.717, 1.165) is 11.1 Å². The molecule has 0 aliphatic heterocycles. The van der Waals surface area contributed by atoms with E-state index in [1.54, 1.807) is 26.0 Å². The number of carboxylic acids is 2. The van der Waals surface area contributed by atoms with Gasteiger partial charge < -0.3 is 14.9 Å². The van der Waals surface area contributed by atoms with Gasteiger partial charge in [-0.05, 0) is 39.5 Å². The maximum Gasteiger partial charge on any atom is 0.317 e. The Bertz CT molecular complexity index is 602. The fraction of sp³-hybridized carbons (Fsp3) is 0.556. The Morgan fingerprint density at radius 3 is 1.48 bits per heavy atom. The van der Waals surface area contributed by atoms with Crippen molar-refractivity contribution in [3.05, 3.63) is 23.3 Å². The highest BCUT2D eigenvalue weighted by Crippen LogP contribution is 2.33. The van der Waals surface area contributed by atoms with Crippen LogP contribution in [-0.4, -0.2) is 34.1 Å². The Balaban J connectivity index is 2.10. The predicted octanol–water partition coefficient (Wildman–Crippen LogP) is 2.17. The van der Waals surface area contributed by atoms with E-state index in [2.05, 4.69) is 0 Å². The number of carbonyl (C=O) groups is 4. The van der Waals surface area contributed by atoms with Gasteiger partial charge >= 0.3 is 23.9 Å². The normalized spacial score (nSPS) is 29.2. The van der Waals surface area contributed by atoms with Gasteiger partial charge in [0.2, 0.25) is 0 Å². The third-order valence-electron chi connectivity index (χ3n) is 4.94. The molecule has 0 saturated carbocycles. The van der Waals surface area contributed by atoms with Gasteiger partial charge in [0.05, 0.1) is 23.7 Å². The number of esters is 2. The summed E-state index contributed by atoms with van der Waals surface area (Å²) in [5, 5.41) is 18.6. The lowest BCUT2D eigenvalue weighted by atomic mass is 9.79. The third kappa shape index (κ3) is 4.35. The molecule has 0 aromatic rings. The molecule has 2 N–H and O–H groups in total. The molecule has 0 aromatic heterocycles. The van der Waals surface area contributed by atoms with Crippen LogP contribution in [0.4, 0.5) is 0 Å². The Hall–Kier alpha value is -2.44. The molecular formula is C18H22O7. The molecule has 0 heterocycles. The number of ether oxygens (including phenoxy) is 1. The van der Waals surface area contributed by atoms with Gasteiger partial charge in [-0.15, -0.1) is 0 Å². The third-order valence-corrected chi connectivity index (χ3v) is 4.94. The molecule has 136 valence electrons. The van der Waals surface area contributed by atoms with Crippen LogP contribution < -0.4 is 0 Å². The number of hydrogen-bond acceptors (Lipinski definition) is 5. The molecule has 4 atom stereocenters. The zero-order valence-electron chi connectivity index (χ0n) is 14.2. The maximum absolute atomic E-state index is 12.3. The summed E-state index contributed by atoms with van der Waals surface area (Å²) >= 11 is 0. The van der Waals surface area contributed by atoms with E-state index in [4.69, 9.17) is 4.74 Å². The van der Waals surface area contributed by atoms with Crippen molar-refractivity contribution in [1.29, 1.82) is 0 Å². The monoisotopic (exact) mass is 350 g/mol. The van der Waals surface area contributed by atoms with Gasteiger partial charge in [-0.25, -0.2) is 0 Å². The average Bonchev–Trinajstić information content (AvgIpc) is 2.54. The Morgan fingerprint density at radius 1 is 0.800 bits per heavy atom. The van der Waals surface area contributed by atoms with E-state index in [9.17, 15) is 29.4 Å². The average molecular weight is 350 g/mol. The van der Waals surface area contributed by atoms with Crippen molar-refractivity contribution in [2.75, 3.05) is 0 Å². The fourth-order valence-corrected chi connectivity index (χ4v) is 3.42. The van der Waals surface area contributed by atoms with E-state index in [0.29, 0.717) is 0 Å². The summed E-state index contributed by atoms with van der Waals surface area (Å²) < 4.78 is 4.90. The van der Waals surface area contributed by atoms with Crippen LogP contribution in [0.5, 0.6) is 0 Å².